The number of nitrogens with zero attached hydrogens (tertiary/aromatic N) is 1. The molecule has 1 unspecified atom stereocenters. The van der Waals surface area contributed by atoms with Crippen LogP contribution >= 0.6 is 0 Å². The van der Waals surface area contributed by atoms with Gasteiger partial charge in [0.25, 0.3) is 0 Å². The number of rotatable bonds is 9. The maximum atomic E-state index is 6.63. The van der Waals surface area contributed by atoms with Gasteiger partial charge >= 0.3 is 0 Å². The third-order valence-corrected chi connectivity index (χ3v) is 16.1. The fourth-order valence-electron chi connectivity index (χ4n) is 12.8. The number of fused-ring (bicyclic) bond motifs is 8. The van der Waals surface area contributed by atoms with Crippen molar-refractivity contribution in [2.75, 3.05) is 4.90 Å². The van der Waals surface area contributed by atoms with Crippen molar-refractivity contribution in [2.24, 2.45) is 0 Å². The quantitative estimate of drug-likeness (QED) is 0.143. The number of hydrogen-bond acceptors (Lipinski definition) is 2. The summed E-state index contributed by atoms with van der Waals surface area (Å²) in [5.41, 5.74) is 21.3. The zero-order valence-corrected chi connectivity index (χ0v) is 42.1. The first-order valence-corrected chi connectivity index (χ1v) is 26.6. The van der Waals surface area contributed by atoms with E-state index < -0.39 is 5.41 Å². The van der Waals surface area contributed by atoms with Crippen molar-refractivity contribution in [3.63, 3.8) is 0 Å². The van der Waals surface area contributed by atoms with E-state index in [1.807, 2.05) is 0 Å². The Morgan fingerprint density at radius 1 is 0.286 bits per heavy atom. The van der Waals surface area contributed by atoms with Gasteiger partial charge in [0.1, 0.15) is 11.2 Å². The SMILES string of the molecule is c1ccc(-c2ccc3oc4cccc(-c5cc(N(c6ccccc6)c6cccc(C7(c8ccccc8)c8ccccc8-c8c(-c9ccc(-c%10ccccc%10)c%10ccccc9%10)cccc87)c6)c6ccccc6c5)c4c3c2)cc1. The molecule has 0 amide bonds. The lowest BCUT2D eigenvalue weighted by atomic mass is 9.67. The van der Waals surface area contributed by atoms with E-state index >= 15 is 0 Å². The number of hydrogen-bond donors (Lipinski definition) is 0. The van der Waals surface area contributed by atoms with Crippen LogP contribution in [0.4, 0.5) is 17.1 Å². The fraction of sp³-hybridized carbons (Fsp3) is 0.0133. The Morgan fingerprint density at radius 3 is 1.68 bits per heavy atom. The smallest absolute Gasteiger partial charge is 0.136 e. The average molecular weight is 980 g/mol. The Balaban J connectivity index is 0.953. The third-order valence-electron chi connectivity index (χ3n) is 16.1. The summed E-state index contributed by atoms with van der Waals surface area (Å²) in [6, 6.07) is 109. The minimum atomic E-state index is -0.665. The molecule has 1 heterocycles. The topological polar surface area (TPSA) is 16.4 Å². The summed E-state index contributed by atoms with van der Waals surface area (Å²) < 4.78 is 6.63. The molecule has 2 nitrogen and oxygen atoms in total. The van der Waals surface area contributed by atoms with E-state index in [4.69, 9.17) is 4.42 Å². The first kappa shape index (κ1) is 44.5. The first-order chi connectivity index (χ1) is 38.2. The van der Waals surface area contributed by atoms with Crippen molar-refractivity contribution in [2.45, 2.75) is 5.41 Å². The second-order valence-electron chi connectivity index (χ2n) is 20.3. The predicted octanol–water partition coefficient (Wildman–Crippen LogP) is 20.4. The van der Waals surface area contributed by atoms with Crippen molar-refractivity contribution in [3.8, 4) is 55.6 Å². The summed E-state index contributed by atoms with van der Waals surface area (Å²) in [4.78, 5) is 2.47. The summed E-state index contributed by atoms with van der Waals surface area (Å²) in [5, 5.41) is 7.00. The highest BCUT2D eigenvalue weighted by Gasteiger charge is 2.47. The van der Waals surface area contributed by atoms with Gasteiger partial charge in [0.05, 0.1) is 11.1 Å². The molecule has 0 bridgehead atoms. The van der Waals surface area contributed by atoms with E-state index in [-0.39, 0.29) is 0 Å². The number of anilines is 3. The Kier molecular flexibility index (Phi) is 10.5. The fourth-order valence-corrected chi connectivity index (χ4v) is 12.8. The minimum Gasteiger partial charge on any atom is -0.456 e. The Morgan fingerprint density at radius 2 is 0.870 bits per heavy atom. The lowest BCUT2D eigenvalue weighted by molar-refractivity contribution is 0.669. The number of benzene rings is 13. The number of furan rings is 1. The summed E-state index contributed by atoms with van der Waals surface area (Å²) in [5.74, 6) is 0. The van der Waals surface area contributed by atoms with Crippen LogP contribution in [0.1, 0.15) is 22.3 Å². The average Bonchev–Trinajstić information content (AvgIpc) is 4.20. The van der Waals surface area contributed by atoms with E-state index in [1.54, 1.807) is 0 Å². The molecule has 14 aromatic rings. The summed E-state index contributed by atoms with van der Waals surface area (Å²) >= 11 is 0. The van der Waals surface area contributed by atoms with E-state index in [9.17, 15) is 0 Å². The number of para-hydroxylation sites is 1. The molecule has 0 spiro atoms. The predicted molar refractivity (Wildman–Crippen MR) is 322 cm³/mol. The van der Waals surface area contributed by atoms with Crippen LogP contribution in [-0.4, -0.2) is 0 Å². The van der Waals surface area contributed by atoms with Crippen molar-refractivity contribution in [1.29, 1.82) is 0 Å². The second-order valence-corrected chi connectivity index (χ2v) is 20.3. The Hall–Kier alpha value is -10.0. The highest BCUT2D eigenvalue weighted by atomic mass is 16.3. The van der Waals surface area contributed by atoms with E-state index in [0.717, 1.165) is 66.5 Å². The second kappa shape index (κ2) is 18.1. The Bertz CT molecular complexity index is 4560. The van der Waals surface area contributed by atoms with Gasteiger partial charge in [-0.1, -0.05) is 243 Å². The van der Waals surface area contributed by atoms with Crippen LogP contribution < -0.4 is 4.90 Å². The van der Waals surface area contributed by atoms with Crippen LogP contribution in [0.5, 0.6) is 0 Å². The summed E-state index contributed by atoms with van der Waals surface area (Å²) in [6.07, 6.45) is 0. The van der Waals surface area contributed by atoms with Gasteiger partial charge in [-0.2, -0.15) is 0 Å². The molecule has 2 heteroatoms. The summed E-state index contributed by atoms with van der Waals surface area (Å²) in [7, 11) is 0. The Labute approximate surface area is 448 Å². The molecule has 1 atom stereocenters. The standard InChI is InChI=1S/C75H49NO/c1-5-22-50(23-6-1)52-42-45-71-67(47-52)74-61(37-21-41-72(74)77-71)54-46-53-26-13-14-33-60(53)70(48-54)76(57-30-11-4-12-31-57)58-32-19-29-56(49-58)75(55-27-9-3-10-28-55)68-39-18-17-36-66(68)73-65(38-20-40-69(73)75)64-44-43-59(51-24-7-2-8-25-51)62-34-15-16-35-63(62)64/h1-49H. The van der Waals surface area contributed by atoms with Crippen molar-refractivity contribution >= 4 is 60.5 Å². The summed E-state index contributed by atoms with van der Waals surface area (Å²) in [6.45, 7) is 0. The lowest BCUT2D eigenvalue weighted by Crippen LogP contribution is -2.29. The molecule has 0 radical (unpaired) electrons. The molecular weight excluding hydrogens is 931 g/mol. The molecule has 0 aliphatic heterocycles. The maximum absolute atomic E-state index is 6.63. The molecular formula is C75H49NO. The molecule has 1 aliphatic rings. The van der Waals surface area contributed by atoms with Crippen molar-refractivity contribution < 1.29 is 4.42 Å². The molecule has 0 fully saturated rings. The van der Waals surface area contributed by atoms with Crippen LogP contribution in [0.2, 0.25) is 0 Å². The minimum absolute atomic E-state index is 0.665. The van der Waals surface area contributed by atoms with Gasteiger partial charge in [-0.05, 0) is 149 Å². The zero-order valence-electron chi connectivity index (χ0n) is 42.1. The first-order valence-electron chi connectivity index (χ1n) is 26.6. The van der Waals surface area contributed by atoms with Crippen LogP contribution in [0, 0.1) is 0 Å². The molecule has 1 aromatic heterocycles. The molecule has 0 saturated heterocycles. The van der Waals surface area contributed by atoms with Gasteiger partial charge in [-0.25, -0.2) is 0 Å². The van der Waals surface area contributed by atoms with E-state index in [2.05, 4.69) is 302 Å². The highest BCUT2D eigenvalue weighted by Crippen LogP contribution is 2.59. The molecule has 13 aromatic carbocycles. The van der Waals surface area contributed by atoms with Gasteiger partial charge in [-0.3, -0.25) is 0 Å². The van der Waals surface area contributed by atoms with Gasteiger partial charge < -0.3 is 9.32 Å². The van der Waals surface area contributed by atoms with Gasteiger partial charge in [0.2, 0.25) is 0 Å². The zero-order chi connectivity index (χ0) is 50.9. The van der Waals surface area contributed by atoms with Crippen LogP contribution in [-0.2, 0) is 5.41 Å². The van der Waals surface area contributed by atoms with Crippen molar-refractivity contribution in [1.82, 2.24) is 0 Å². The maximum Gasteiger partial charge on any atom is 0.136 e. The largest absolute Gasteiger partial charge is 0.456 e. The molecule has 360 valence electrons. The van der Waals surface area contributed by atoms with Gasteiger partial charge in [-0.15, -0.1) is 0 Å². The molecule has 1 aliphatic carbocycles. The molecule has 0 N–H and O–H groups in total. The van der Waals surface area contributed by atoms with Crippen molar-refractivity contribution in [3.05, 3.63) is 320 Å². The van der Waals surface area contributed by atoms with Gasteiger partial charge in [0, 0.05) is 27.5 Å². The third kappa shape index (κ3) is 7.10. The lowest BCUT2D eigenvalue weighted by Gasteiger charge is -2.35. The normalized spacial score (nSPS) is 13.8. The van der Waals surface area contributed by atoms with E-state index in [0.29, 0.717) is 0 Å². The molecule has 0 saturated carbocycles. The monoisotopic (exact) mass is 979 g/mol. The molecule has 15 rings (SSSR count). The highest BCUT2D eigenvalue weighted by molar-refractivity contribution is 6.15. The van der Waals surface area contributed by atoms with Crippen LogP contribution in [0.15, 0.2) is 302 Å². The van der Waals surface area contributed by atoms with E-state index in [1.165, 1.54) is 72.0 Å². The van der Waals surface area contributed by atoms with Crippen LogP contribution in [0.3, 0.4) is 0 Å². The van der Waals surface area contributed by atoms with Crippen LogP contribution in [0.25, 0.3) is 99.1 Å². The van der Waals surface area contributed by atoms with Gasteiger partial charge in [0.15, 0.2) is 0 Å². The molecule has 77 heavy (non-hydrogen) atoms.